The minimum Gasteiger partial charge on any atom is -0.497 e. The number of benzene rings is 2. The van der Waals surface area contributed by atoms with Crippen molar-refractivity contribution >= 4 is 11.5 Å². The van der Waals surface area contributed by atoms with Crippen molar-refractivity contribution in [3.63, 3.8) is 0 Å². The van der Waals surface area contributed by atoms with Crippen LogP contribution in [0.15, 0.2) is 54.6 Å². The highest BCUT2D eigenvalue weighted by molar-refractivity contribution is 5.95. The number of nitrogens with zero attached hydrogens (tertiary/aromatic N) is 1. The van der Waals surface area contributed by atoms with E-state index in [1.807, 2.05) is 49.4 Å². The molecule has 0 radical (unpaired) electrons. The monoisotopic (exact) mass is 355 g/mol. The zero-order valence-electron chi connectivity index (χ0n) is 15.4. The molecule has 0 aliphatic carbocycles. The van der Waals surface area contributed by atoms with Crippen LogP contribution < -0.4 is 9.47 Å². The molecular weight excluding hydrogens is 330 g/mol. The Balaban J connectivity index is 2.23. The summed E-state index contributed by atoms with van der Waals surface area (Å²) in [5.74, 6) is 1.18. The Bertz CT molecular complexity index is 756. The van der Waals surface area contributed by atoms with Gasteiger partial charge in [-0.1, -0.05) is 30.3 Å². The molecule has 2 aromatic carbocycles. The molecule has 26 heavy (non-hydrogen) atoms. The second-order valence-corrected chi connectivity index (χ2v) is 5.86. The predicted octanol–water partition coefficient (Wildman–Crippen LogP) is 3.13. The first-order valence-electron chi connectivity index (χ1n) is 8.43. The molecule has 1 amide bonds. The second-order valence-electron chi connectivity index (χ2n) is 5.86. The third kappa shape index (κ3) is 5.10. The Morgan fingerprint density at radius 3 is 2.46 bits per heavy atom. The topological polar surface area (TPSA) is 59.0 Å². The number of aliphatic hydroxyl groups is 1. The number of amides is 1. The molecule has 2 aromatic rings. The van der Waals surface area contributed by atoms with Crippen molar-refractivity contribution in [2.75, 3.05) is 27.4 Å². The van der Waals surface area contributed by atoms with Crippen molar-refractivity contribution in [3.05, 3.63) is 65.7 Å². The van der Waals surface area contributed by atoms with E-state index in [2.05, 4.69) is 0 Å². The molecule has 0 spiro atoms. The van der Waals surface area contributed by atoms with E-state index >= 15 is 0 Å². The van der Waals surface area contributed by atoms with Gasteiger partial charge in [0.15, 0.2) is 0 Å². The maximum absolute atomic E-state index is 12.7. The molecule has 5 nitrogen and oxygen atoms in total. The van der Waals surface area contributed by atoms with Crippen LogP contribution in [0.4, 0.5) is 0 Å². The average molecular weight is 355 g/mol. The van der Waals surface area contributed by atoms with Gasteiger partial charge in [0.1, 0.15) is 11.5 Å². The van der Waals surface area contributed by atoms with Gasteiger partial charge in [0, 0.05) is 30.8 Å². The molecule has 0 aliphatic rings. The van der Waals surface area contributed by atoms with Crippen molar-refractivity contribution in [2.24, 2.45) is 0 Å². The summed E-state index contributed by atoms with van der Waals surface area (Å²) < 4.78 is 10.6. The first-order valence-corrected chi connectivity index (χ1v) is 8.43. The van der Waals surface area contributed by atoms with Crippen LogP contribution in [-0.4, -0.2) is 43.3 Å². The number of carbonyl (C=O) groups is 1. The number of carbonyl (C=O) groups excluding carboxylic acids is 1. The molecule has 0 unspecified atom stereocenters. The smallest absolute Gasteiger partial charge is 0.247 e. The minimum absolute atomic E-state index is 0.0860. The Morgan fingerprint density at radius 1 is 1.12 bits per heavy atom. The summed E-state index contributed by atoms with van der Waals surface area (Å²) in [6.07, 6.45) is 1.57. The highest BCUT2D eigenvalue weighted by Gasteiger charge is 2.14. The van der Waals surface area contributed by atoms with Gasteiger partial charge in [-0.05, 0) is 30.2 Å². The van der Waals surface area contributed by atoms with Crippen LogP contribution in [0.1, 0.15) is 18.1 Å². The molecular formula is C21H25NO4. The molecule has 0 fully saturated rings. The van der Waals surface area contributed by atoms with Crippen LogP contribution in [-0.2, 0) is 11.3 Å². The lowest BCUT2D eigenvalue weighted by Gasteiger charge is -2.21. The Hall–Kier alpha value is -2.79. The summed E-state index contributed by atoms with van der Waals surface area (Å²) in [7, 11) is 3.18. The lowest BCUT2D eigenvalue weighted by molar-refractivity contribution is -0.127. The molecule has 138 valence electrons. The minimum atomic E-state index is -0.154. The third-order valence-corrected chi connectivity index (χ3v) is 4.07. The summed E-state index contributed by atoms with van der Waals surface area (Å²) in [5.41, 5.74) is 2.62. The summed E-state index contributed by atoms with van der Waals surface area (Å²) in [6, 6.07) is 15.2. The number of aliphatic hydroxyl groups excluding tert-OH is 1. The molecule has 1 N–H and O–H groups in total. The van der Waals surface area contributed by atoms with E-state index in [4.69, 9.17) is 9.47 Å². The highest BCUT2D eigenvalue weighted by Crippen LogP contribution is 2.30. The molecule has 2 rings (SSSR count). The van der Waals surface area contributed by atoms with Gasteiger partial charge in [0.25, 0.3) is 0 Å². The fourth-order valence-corrected chi connectivity index (χ4v) is 2.67. The molecule has 0 atom stereocenters. The van der Waals surface area contributed by atoms with Crippen molar-refractivity contribution in [3.8, 4) is 11.5 Å². The van der Waals surface area contributed by atoms with E-state index in [0.717, 1.165) is 16.7 Å². The van der Waals surface area contributed by atoms with Crippen molar-refractivity contribution < 1.29 is 19.4 Å². The molecule has 0 saturated heterocycles. The predicted molar refractivity (Wildman–Crippen MR) is 102 cm³/mol. The quantitative estimate of drug-likeness (QED) is 0.739. The van der Waals surface area contributed by atoms with Crippen molar-refractivity contribution in [1.82, 2.24) is 4.90 Å². The van der Waals surface area contributed by atoms with Crippen LogP contribution in [0.5, 0.6) is 11.5 Å². The van der Waals surface area contributed by atoms with Crippen LogP contribution in [0, 0.1) is 0 Å². The number of rotatable bonds is 8. The van der Waals surface area contributed by atoms with Gasteiger partial charge in [-0.3, -0.25) is 4.79 Å². The van der Waals surface area contributed by atoms with E-state index in [9.17, 15) is 9.90 Å². The van der Waals surface area contributed by atoms with Gasteiger partial charge in [-0.2, -0.15) is 0 Å². The molecule has 0 bridgehead atoms. The Kier molecular flexibility index (Phi) is 7.24. The fourth-order valence-electron chi connectivity index (χ4n) is 2.67. The van der Waals surface area contributed by atoms with Crippen LogP contribution >= 0.6 is 0 Å². The van der Waals surface area contributed by atoms with E-state index < -0.39 is 0 Å². The first-order chi connectivity index (χ1) is 12.6. The lowest BCUT2D eigenvalue weighted by Crippen LogP contribution is -2.31. The Morgan fingerprint density at radius 2 is 1.85 bits per heavy atom. The lowest BCUT2D eigenvalue weighted by atomic mass is 10.1. The maximum Gasteiger partial charge on any atom is 0.247 e. The molecule has 0 saturated carbocycles. The number of hydrogen-bond acceptors (Lipinski definition) is 4. The van der Waals surface area contributed by atoms with E-state index in [-0.39, 0.29) is 19.1 Å². The SMILES string of the molecule is COc1ccc(/C(C)=C/C(=O)N(CCO)Cc2ccccc2)c(OC)c1. The summed E-state index contributed by atoms with van der Waals surface area (Å²) in [5, 5.41) is 9.31. The van der Waals surface area contributed by atoms with E-state index in [0.29, 0.717) is 18.0 Å². The fraction of sp³-hybridized carbons (Fsp3) is 0.286. The van der Waals surface area contributed by atoms with Gasteiger partial charge in [-0.25, -0.2) is 0 Å². The molecule has 0 heterocycles. The molecule has 0 aromatic heterocycles. The number of methoxy groups -OCH3 is 2. The standard InChI is InChI=1S/C21H25NO4/c1-16(19-10-9-18(25-2)14-20(19)26-3)13-21(24)22(11-12-23)15-17-7-5-4-6-8-17/h4-10,13-14,23H,11-12,15H2,1-3H3/b16-13+. The summed E-state index contributed by atoms with van der Waals surface area (Å²) in [4.78, 5) is 14.3. The van der Waals surface area contributed by atoms with E-state index in [1.165, 1.54) is 0 Å². The third-order valence-electron chi connectivity index (χ3n) is 4.07. The normalized spacial score (nSPS) is 11.2. The largest absolute Gasteiger partial charge is 0.497 e. The van der Waals surface area contributed by atoms with Crippen molar-refractivity contribution in [2.45, 2.75) is 13.5 Å². The molecule has 0 aliphatic heterocycles. The summed E-state index contributed by atoms with van der Waals surface area (Å²) >= 11 is 0. The number of hydrogen-bond donors (Lipinski definition) is 1. The van der Waals surface area contributed by atoms with Crippen LogP contribution in [0.25, 0.3) is 5.57 Å². The van der Waals surface area contributed by atoms with Gasteiger partial charge in [0.2, 0.25) is 5.91 Å². The van der Waals surface area contributed by atoms with Gasteiger partial charge < -0.3 is 19.5 Å². The van der Waals surface area contributed by atoms with Crippen LogP contribution in [0.3, 0.4) is 0 Å². The van der Waals surface area contributed by atoms with Crippen molar-refractivity contribution in [1.29, 1.82) is 0 Å². The maximum atomic E-state index is 12.7. The first kappa shape index (κ1) is 19.5. The second kappa shape index (κ2) is 9.63. The van der Waals surface area contributed by atoms with Crippen LogP contribution in [0.2, 0.25) is 0 Å². The Labute approximate surface area is 154 Å². The number of allylic oxidation sites excluding steroid dienone is 1. The average Bonchev–Trinajstić information content (AvgIpc) is 2.67. The zero-order valence-corrected chi connectivity index (χ0v) is 15.4. The van der Waals surface area contributed by atoms with Gasteiger partial charge >= 0.3 is 0 Å². The summed E-state index contributed by atoms with van der Waals surface area (Å²) in [6.45, 7) is 2.50. The van der Waals surface area contributed by atoms with E-state index in [1.54, 1.807) is 31.3 Å². The molecule has 5 heteroatoms. The number of ether oxygens (including phenoxy) is 2. The van der Waals surface area contributed by atoms with Gasteiger partial charge in [0.05, 0.1) is 20.8 Å². The van der Waals surface area contributed by atoms with Gasteiger partial charge in [-0.15, -0.1) is 0 Å². The highest BCUT2D eigenvalue weighted by atomic mass is 16.5. The zero-order chi connectivity index (χ0) is 18.9.